The fraction of sp³-hybridized carbons (Fsp3) is 0.714. The van der Waals surface area contributed by atoms with Gasteiger partial charge >= 0.3 is 0 Å². The van der Waals surface area contributed by atoms with E-state index in [0.717, 1.165) is 5.92 Å². The van der Waals surface area contributed by atoms with E-state index in [0.29, 0.717) is 0 Å². The zero-order valence-corrected chi connectivity index (χ0v) is 10.3. The zero-order chi connectivity index (χ0) is 10.8. The van der Waals surface area contributed by atoms with Gasteiger partial charge in [0.15, 0.2) is 0 Å². The van der Waals surface area contributed by atoms with E-state index < -0.39 is 0 Å². The summed E-state index contributed by atoms with van der Waals surface area (Å²) in [4.78, 5) is 0. The lowest BCUT2D eigenvalue weighted by molar-refractivity contribution is 0.702. The molecule has 0 N–H and O–H groups in total. The largest absolute Gasteiger partial charge is 0.0805 e. The molecule has 0 atom stereocenters. The predicted octanol–water partition coefficient (Wildman–Crippen LogP) is 5.12. The average molecular weight is 194 g/mol. The number of hydrogen-bond acceptors (Lipinski definition) is 0. The van der Waals surface area contributed by atoms with E-state index in [-0.39, 0.29) is 0 Å². The van der Waals surface area contributed by atoms with Crippen molar-refractivity contribution >= 4 is 0 Å². The molecule has 0 amide bonds. The maximum absolute atomic E-state index is 2.23. The molecule has 0 saturated heterocycles. The molecule has 0 nitrogen and oxygen atoms in total. The summed E-state index contributed by atoms with van der Waals surface area (Å²) < 4.78 is 0. The van der Waals surface area contributed by atoms with Crippen LogP contribution >= 0.6 is 0 Å². The molecule has 1 rings (SSSR count). The zero-order valence-electron chi connectivity index (χ0n) is 10.3. The van der Waals surface area contributed by atoms with E-state index in [1.54, 1.807) is 5.57 Å². The van der Waals surface area contributed by atoms with Crippen LogP contribution in [0.4, 0.5) is 0 Å². The van der Waals surface area contributed by atoms with Crippen LogP contribution in [-0.2, 0) is 0 Å². The highest BCUT2D eigenvalue weighted by molar-refractivity contribution is 5.23. The maximum atomic E-state index is 2.23. The quantitative estimate of drug-likeness (QED) is 0.545. The third-order valence-electron chi connectivity index (χ3n) is 2.50. The SMILES string of the molecule is CC(C)C1=CC=CC1.CCCCCC. The van der Waals surface area contributed by atoms with Gasteiger partial charge in [-0.05, 0) is 12.3 Å². The topological polar surface area (TPSA) is 0 Å². The number of allylic oxidation sites excluding steroid dienone is 4. The van der Waals surface area contributed by atoms with Crippen LogP contribution in [0.25, 0.3) is 0 Å². The Labute approximate surface area is 90.1 Å². The van der Waals surface area contributed by atoms with Crippen molar-refractivity contribution in [2.75, 3.05) is 0 Å². The second-order valence-corrected chi connectivity index (χ2v) is 4.24. The normalized spacial score (nSPS) is 13.9. The van der Waals surface area contributed by atoms with E-state index in [1.807, 2.05) is 0 Å². The van der Waals surface area contributed by atoms with Crippen LogP contribution in [0.1, 0.15) is 59.8 Å². The summed E-state index contributed by atoms with van der Waals surface area (Å²) in [6.45, 7) is 8.93. The van der Waals surface area contributed by atoms with Gasteiger partial charge in [0, 0.05) is 0 Å². The lowest BCUT2D eigenvalue weighted by Crippen LogP contribution is -1.88. The standard InChI is InChI=1S/C8H12.C6H14/c1-7(2)8-5-3-4-6-8;1-3-5-6-4-2/h3-5,7H,6H2,1-2H3;3-6H2,1-2H3. The van der Waals surface area contributed by atoms with Gasteiger partial charge in [0.25, 0.3) is 0 Å². The molecule has 1 aliphatic rings. The van der Waals surface area contributed by atoms with Gasteiger partial charge in [0.2, 0.25) is 0 Å². The Bertz CT molecular complexity index is 168. The number of unbranched alkanes of at least 4 members (excludes halogenated alkanes) is 3. The Kier molecular flexibility index (Phi) is 8.72. The van der Waals surface area contributed by atoms with Crippen molar-refractivity contribution in [1.29, 1.82) is 0 Å². The fourth-order valence-electron chi connectivity index (χ4n) is 1.39. The minimum Gasteiger partial charge on any atom is -0.0805 e. The third-order valence-corrected chi connectivity index (χ3v) is 2.50. The van der Waals surface area contributed by atoms with Gasteiger partial charge in [-0.3, -0.25) is 0 Å². The molecule has 0 aromatic heterocycles. The van der Waals surface area contributed by atoms with E-state index in [9.17, 15) is 0 Å². The Morgan fingerprint density at radius 3 is 1.93 bits per heavy atom. The monoisotopic (exact) mass is 194 g/mol. The molecule has 14 heavy (non-hydrogen) atoms. The summed E-state index contributed by atoms with van der Waals surface area (Å²) in [5, 5.41) is 0. The second kappa shape index (κ2) is 9.05. The van der Waals surface area contributed by atoms with Crippen LogP contribution in [0.15, 0.2) is 23.8 Å². The second-order valence-electron chi connectivity index (χ2n) is 4.24. The lowest BCUT2D eigenvalue weighted by atomic mass is 10.0. The van der Waals surface area contributed by atoms with Gasteiger partial charge in [-0.15, -0.1) is 0 Å². The van der Waals surface area contributed by atoms with Gasteiger partial charge < -0.3 is 0 Å². The van der Waals surface area contributed by atoms with Crippen LogP contribution in [0.2, 0.25) is 0 Å². The van der Waals surface area contributed by atoms with Crippen LogP contribution in [0, 0.1) is 5.92 Å². The van der Waals surface area contributed by atoms with Crippen LogP contribution in [0.3, 0.4) is 0 Å². The highest BCUT2D eigenvalue weighted by atomic mass is 14.1. The first-order chi connectivity index (χ1) is 6.72. The van der Waals surface area contributed by atoms with Crippen molar-refractivity contribution in [2.45, 2.75) is 59.8 Å². The first-order valence-corrected chi connectivity index (χ1v) is 6.07. The molecule has 0 aromatic carbocycles. The molecule has 0 unspecified atom stereocenters. The van der Waals surface area contributed by atoms with Crippen LogP contribution in [-0.4, -0.2) is 0 Å². The summed E-state index contributed by atoms with van der Waals surface area (Å²) in [7, 11) is 0. The van der Waals surface area contributed by atoms with E-state index >= 15 is 0 Å². The fourth-order valence-corrected chi connectivity index (χ4v) is 1.39. The number of rotatable bonds is 4. The summed E-state index contributed by atoms with van der Waals surface area (Å²) in [6, 6.07) is 0. The molecule has 82 valence electrons. The first-order valence-electron chi connectivity index (χ1n) is 6.07. The molecule has 0 saturated carbocycles. The molecule has 0 fully saturated rings. The smallest absolute Gasteiger partial charge is 0.0130 e. The van der Waals surface area contributed by atoms with Crippen molar-refractivity contribution in [2.24, 2.45) is 5.92 Å². The maximum Gasteiger partial charge on any atom is -0.0130 e. The molecular weight excluding hydrogens is 168 g/mol. The van der Waals surface area contributed by atoms with Crippen molar-refractivity contribution in [3.8, 4) is 0 Å². The molecule has 0 aromatic rings. The molecule has 0 radical (unpaired) electrons. The highest BCUT2D eigenvalue weighted by Gasteiger charge is 2.01. The van der Waals surface area contributed by atoms with E-state index in [4.69, 9.17) is 0 Å². The molecular formula is C14H26. The Morgan fingerprint density at radius 1 is 1.14 bits per heavy atom. The predicted molar refractivity (Wildman–Crippen MR) is 66.5 cm³/mol. The van der Waals surface area contributed by atoms with Gasteiger partial charge in [-0.25, -0.2) is 0 Å². The van der Waals surface area contributed by atoms with Gasteiger partial charge in [0.05, 0.1) is 0 Å². The minimum atomic E-state index is 0.741. The van der Waals surface area contributed by atoms with Crippen molar-refractivity contribution in [3.05, 3.63) is 23.8 Å². The van der Waals surface area contributed by atoms with E-state index in [2.05, 4.69) is 45.9 Å². The molecule has 1 aliphatic carbocycles. The van der Waals surface area contributed by atoms with Crippen molar-refractivity contribution in [3.63, 3.8) is 0 Å². The molecule has 0 spiro atoms. The van der Waals surface area contributed by atoms with Crippen LogP contribution in [0.5, 0.6) is 0 Å². The molecule has 0 heterocycles. The summed E-state index contributed by atoms with van der Waals surface area (Å²) in [5.41, 5.74) is 1.56. The summed E-state index contributed by atoms with van der Waals surface area (Å²) >= 11 is 0. The first kappa shape index (κ1) is 13.5. The van der Waals surface area contributed by atoms with Crippen molar-refractivity contribution < 1.29 is 0 Å². The van der Waals surface area contributed by atoms with Crippen molar-refractivity contribution in [1.82, 2.24) is 0 Å². The molecule has 0 bridgehead atoms. The van der Waals surface area contributed by atoms with Gasteiger partial charge in [-0.2, -0.15) is 0 Å². The summed E-state index contributed by atoms with van der Waals surface area (Å²) in [6.07, 6.45) is 13.3. The average Bonchev–Trinajstić information content (AvgIpc) is 2.68. The molecule has 0 aliphatic heterocycles. The van der Waals surface area contributed by atoms with E-state index in [1.165, 1.54) is 32.1 Å². The minimum absolute atomic E-state index is 0.741. The Morgan fingerprint density at radius 2 is 1.71 bits per heavy atom. The molecule has 0 heteroatoms. The van der Waals surface area contributed by atoms with Crippen LogP contribution < -0.4 is 0 Å². The number of hydrogen-bond donors (Lipinski definition) is 0. The van der Waals surface area contributed by atoms with Gasteiger partial charge in [-0.1, -0.05) is 77.2 Å². The Hall–Kier alpha value is -0.520. The third kappa shape index (κ3) is 6.94. The summed E-state index contributed by atoms with van der Waals surface area (Å²) in [5.74, 6) is 0.741. The lowest BCUT2D eigenvalue weighted by Gasteiger charge is -2.02. The highest BCUT2D eigenvalue weighted by Crippen LogP contribution is 2.18. The Balaban J connectivity index is 0.000000255. The van der Waals surface area contributed by atoms with Gasteiger partial charge in [0.1, 0.15) is 0 Å².